The summed E-state index contributed by atoms with van der Waals surface area (Å²) in [6.07, 6.45) is 1.09. The lowest BCUT2D eigenvalue weighted by molar-refractivity contribution is 0.758. The first-order valence-corrected chi connectivity index (χ1v) is 6.33. The van der Waals surface area contributed by atoms with Crippen molar-refractivity contribution in [1.29, 1.82) is 0 Å². The van der Waals surface area contributed by atoms with Crippen LogP contribution in [0.2, 0.25) is 0 Å². The predicted octanol–water partition coefficient (Wildman–Crippen LogP) is 3.77. The van der Waals surface area contributed by atoms with Crippen molar-refractivity contribution < 1.29 is 0 Å². The molecule has 1 atom stereocenters. The first-order valence-electron chi connectivity index (χ1n) is 5.51. The third-order valence-electron chi connectivity index (χ3n) is 3.29. The number of nitrogens with zero attached hydrogens (tertiary/aromatic N) is 1. The Morgan fingerprint density at radius 2 is 2.25 bits per heavy atom. The minimum absolute atomic E-state index is 0.548. The van der Waals surface area contributed by atoms with Crippen LogP contribution in [0.1, 0.15) is 19.4 Å². The Balaban J connectivity index is 2.30. The number of anilines is 1. The van der Waals surface area contributed by atoms with Gasteiger partial charge in [0.2, 0.25) is 0 Å². The summed E-state index contributed by atoms with van der Waals surface area (Å²) in [6.45, 7) is 4.35. The summed E-state index contributed by atoms with van der Waals surface area (Å²) in [5, 5.41) is 2.47. The lowest BCUT2D eigenvalue weighted by Crippen LogP contribution is -2.13. The molecule has 0 saturated carbocycles. The van der Waals surface area contributed by atoms with Gasteiger partial charge in [-0.15, -0.1) is 11.3 Å². The largest absolute Gasteiger partial charge is 0.399 e. The van der Waals surface area contributed by atoms with Gasteiger partial charge in [0.05, 0.1) is 0 Å². The van der Waals surface area contributed by atoms with Gasteiger partial charge >= 0.3 is 0 Å². The number of rotatable bonds is 0. The van der Waals surface area contributed by atoms with Gasteiger partial charge in [-0.25, -0.2) is 4.99 Å². The van der Waals surface area contributed by atoms with Crippen LogP contribution in [-0.2, 0) is 6.42 Å². The molecule has 16 heavy (non-hydrogen) atoms. The molecule has 0 radical (unpaired) electrons. The number of hydrogen-bond donors (Lipinski definition) is 1. The molecular formula is C13H14N2S. The van der Waals surface area contributed by atoms with E-state index in [1.165, 1.54) is 26.4 Å². The molecule has 3 rings (SSSR count). The number of thiophene rings is 1. The minimum atomic E-state index is 0.548. The van der Waals surface area contributed by atoms with Crippen molar-refractivity contribution in [2.45, 2.75) is 20.3 Å². The number of nitrogen functional groups attached to an aromatic ring is 1. The van der Waals surface area contributed by atoms with Crippen molar-refractivity contribution in [2.24, 2.45) is 10.9 Å². The maximum absolute atomic E-state index is 5.85. The van der Waals surface area contributed by atoms with Gasteiger partial charge in [0.1, 0.15) is 5.00 Å². The average molecular weight is 230 g/mol. The van der Waals surface area contributed by atoms with Gasteiger partial charge in [0, 0.05) is 16.1 Å². The summed E-state index contributed by atoms with van der Waals surface area (Å²) in [5.74, 6) is 0.548. The van der Waals surface area contributed by atoms with Gasteiger partial charge in [-0.05, 0) is 48.4 Å². The zero-order valence-corrected chi connectivity index (χ0v) is 10.3. The van der Waals surface area contributed by atoms with E-state index < -0.39 is 0 Å². The van der Waals surface area contributed by atoms with Gasteiger partial charge in [-0.3, -0.25) is 0 Å². The Bertz CT molecular complexity index is 595. The van der Waals surface area contributed by atoms with E-state index in [-0.39, 0.29) is 0 Å². The minimum Gasteiger partial charge on any atom is -0.399 e. The summed E-state index contributed by atoms with van der Waals surface area (Å²) in [7, 11) is 0. The third kappa shape index (κ3) is 1.35. The van der Waals surface area contributed by atoms with E-state index in [0.717, 1.165) is 12.1 Å². The number of fused-ring (bicyclic) bond motifs is 3. The van der Waals surface area contributed by atoms with Crippen molar-refractivity contribution in [2.75, 3.05) is 5.73 Å². The van der Waals surface area contributed by atoms with Crippen LogP contribution in [-0.4, -0.2) is 5.71 Å². The summed E-state index contributed by atoms with van der Waals surface area (Å²) in [6, 6.07) is 6.14. The van der Waals surface area contributed by atoms with Crippen LogP contribution < -0.4 is 5.73 Å². The van der Waals surface area contributed by atoms with Crippen LogP contribution >= 0.6 is 11.3 Å². The summed E-state index contributed by atoms with van der Waals surface area (Å²) >= 11 is 1.77. The molecule has 2 aromatic rings. The molecule has 0 aliphatic carbocycles. The van der Waals surface area contributed by atoms with Crippen molar-refractivity contribution in [3.63, 3.8) is 0 Å². The van der Waals surface area contributed by atoms with E-state index in [0.29, 0.717) is 5.92 Å². The third-order valence-corrected chi connectivity index (χ3v) is 4.40. The molecule has 1 aliphatic heterocycles. The fourth-order valence-electron chi connectivity index (χ4n) is 2.17. The van der Waals surface area contributed by atoms with E-state index in [4.69, 9.17) is 5.73 Å². The van der Waals surface area contributed by atoms with Crippen molar-refractivity contribution >= 4 is 37.8 Å². The molecule has 2 N–H and O–H groups in total. The molecule has 1 aromatic heterocycles. The average Bonchev–Trinajstić information content (AvgIpc) is 2.57. The number of nitrogens with two attached hydrogens (primary N) is 1. The maximum Gasteiger partial charge on any atom is 0.120 e. The molecule has 0 amide bonds. The summed E-state index contributed by atoms with van der Waals surface area (Å²) < 4.78 is 1.30. The highest BCUT2D eigenvalue weighted by atomic mass is 32.1. The highest BCUT2D eigenvalue weighted by Gasteiger charge is 2.20. The van der Waals surface area contributed by atoms with Crippen LogP contribution in [0.5, 0.6) is 0 Å². The Kier molecular flexibility index (Phi) is 2.04. The molecule has 2 heterocycles. The molecule has 0 bridgehead atoms. The topological polar surface area (TPSA) is 38.4 Å². The SMILES string of the molecule is CC1=Nc2sc3ccc(N)cc3c2CC1C. The van der Waals surface area contributed by atoms with Crippen molar-refractivity contribution in [3.05, 3.63) is 23.8 Å². The van der Waals surface area contributed by atoms with E-state index >= 15 is 0 Å². The zero-order chi connectivity index (χ0) is 11.3. The molecule has 0 saturated heterocycles. The smallest absolute Gasteiger partial charge is 0.120 e. The van der Waals surface area contributed by atoms with Gasteiger partial charge in [-0.2, -0.15) is 0 Å². The first-order chi connectivity index (χ1) is 7.65. The monoisotopic (exact) mass is 230 g/mol. The fourth-order valence-corrected chi connectivity index (χ4v) is 3.31. The van der Waals surface area contributed by atoms with Crippen LogP contribution in [0.3, 0.4) is 0 Å². The first kappa shape index (κ1) is 9.85. The normalized spacial score (nSPS) is 19.6. The van der Waals surface area contributed by atoms with Gasteiger partial charge in [0.15, 0.2) is 0 Å². The number of benzene rings is 1. The lowest BCUT2D eigenvalue weighted by Gasteiger charge is -2.16. The highest BCUT2D eigenvalue weighted by Crippen LogP contribution is 2.42. The molecule has 3 heteroatoms. The van der Waals surface area contributed by atoms with E-state index in [1.807, 2.05) is 6.07 Å². The second kappa shape index (κ2) is 3.32. The van der Waals surface area contributed by atoms with Crippen LogP contribution in [0.15, 0.2) is 23.2 Å². The van der Waals surface area contributed by atoms with Crippen molar-refractivity contribution in [1.82, 2.24) is 0 Å². The Morgan fingerprint density at radius 3 is 3.06 bits per heavy atom. The number of hydrogen-bond acceptors (Lipinski definition) is 3. The number of aliphatic imine (C=N–C) groups is 1. The van der Waals surface area contributed by atoms with Gasteiger partial charge in [-0.1, -0.05) is 6.92 Å². The molecule has 1 aliphatic rings. The zero-order valence-electron chi connectivity index (χ0n) is 9.45. The van der Waals surface area contributed by atoms with Crippen LogP contribution in [0, 0.1) is 5.92 Å². The second-order valence-corrected chi connectivity index (χ2v) is 5.53. The fraction of sp³-hybridized carbons (Fsp3) is 0.308. The quantitative estimate of drug-likeness (QED) is 0.687. The van der Waals surface area contributed by atoms with E-state index in [2.05, 4.69) is 31.0 Å². The van der Waals surface area contributed by atoms with E-state index in [1.54, 1.807) is 11.3 Å². The molecule has 82 valence electrons. The van der Waals surface area contributed by atoms with Crippen LogP contribution in [0.4, 0.5) is 10.7 Å². The standard InChI is InChI=1S/C13H14N2S/c1-7-5-11-10-6-9(14)3-4-12(10)16-13(11)15-8(7)2/h3-4,6-7H,5,14H2,1-2H3. The van der Waals surface area contributed by atoms with Gasteiger partial charge in [0.25, 0.3) is 0 Å². The Labute approximate surface area is 98.8 Å². The summed E-state index contributed by atoms with van der Waals surface area (Å²) in [4.78, 5) is 4.69. The molecular weight excluding hydrogens is 216 g/mol. The molecule has 0 fully saturated rings. The Morgan fingerprint density at radius 1 is 1.44 bits per heavy atom. The van der Waals surface area contributed by atoms with Crippen molar-refractivity contribution in [3.8, 4) is 0 Å². The van der Waals surface area contributed by atoms with Gasteiger partial charge < -0.3 is 5.73 Å². The predicted molar refractivity (Wildman–Crippen MR) is 71.9 cm³/mol. The maximum atomic E-state index is 5.85. The Hall–Kier alpha value is -1.35. The molecule has 0 spiro atoms. The second-order valence-electron chi connectivity index (χ2n) is 4.50. The van der Waals surface area contributed by atoms with Crippen LogP contribution in [0.25, 0.3) is 10.1 Å². The molecule has 1 aromatic carbocycles. The highest BCUT2D eigenvalue weighted by molar-refractivity contribution is 7.22. The molecule has 1 unspecified atom stereocenters. The molecule has 2 nitrogen and oxygen atoms in total. The lowest BCUT2D eigenvalue weighted by atomic mass is 9.94. The summed E-state index contributed by atoms with van der Waals surface area (Å²) in [5.41, 5.74) is 9.31. The van der Waals surface area contributed by atoms with E-state index in [9.17, 15) is 0 Å².